The first-order valence-corrected chi connectivity index (χ1v) is 10.1. The number of rotatable bonds is 8. The molecule has 0 radical (unpaired) electrons. The molecule has 0 saturated carbocycles. The van der Waals surface area contributed by atoms with E-state index >= 15 is 0 Å². The number of amides is 1. The average Bonchev–Trinajstić information content (AvgIpc) is 3.19. The highest BCUT2D eigenvalue weighted by atomic mass is 32.1. The molecule has 0 spiro atoms. The number of unbranched alkanes of at least 4 members (excludes halogenated alkanes) is 1. The monoisotopic (exact) mass is 357 g/mol. The van der Waals surface area contributed by atoms with E-state index in [0.717, 1.165) is 44.0 Å². The molecular formula is C20H27N3OS. The molecule has 25 heavy (non-hydrogen) atoms. The summed E-state index contributed by atoms with van der Waals surface area (Å²) in [4.78, 5) is 18.8. The van der Waals surface area contributed by atoms with Crippen molar-refractivity contribution in [2.45, 2.75) is 38.5 Å². The molecule has 1 fully saturated rings. The quantitative estimate of drug-likeness (QED) is 0.729. The van der Waals surface area contributed by atoms with Gasteiger partial charge in [-0.05, 0) is 43.6 Å². The number of nitrogens with one attached hydrogen (secondary N) is 1. The zero-order valence-corrected chi connectivity index (χ0v) is 15.5. The Morgan fingerprint density at radius 2 is 2.16 bits per heavy atom. The van der Waals surface area contributed by atoms with Gasteiger partial charge in [0.15, 0.2) is 5.13 Å². The first kappa shape index (κ1) is 17.9. The lowest BCUT2D eigenvalue weighted by Gasteiger charge is -2.32. The number of anilines is 1. The van der Waals surface area contributed by atoms with E-state index in [-0.39, 0.29) is 5.91 Å². The molecule has 1 amide bonds. The van der Waals surface area contributed by atoms with Crippen LogP contribution in [0.4, 0.5) is 5.13 Å². The van der Waals surface area contributed by atoms with Crippen molar-refractivity contribution in [3.05, 3.63) is 47.5 Å². The molecule has 1 aliphatic rings. The van der Waals surface area contributed by atoms with E-state index < -0.39 is 0 Å². The van der Waals surface area contributed by atoms with Crippen LogP contribution in [-0.4, -0.2) is 30.5 Å². The van der Waals surface area contributed by atoms with E-state index in [4.69, 9.17) is 0 Å². The number of carbonyl (C=O) groups excluding carboxylic acids is 1. The minimum atomic E-state index is 0.194. The summed E-state index contributed by atoms with van der Waals surface area (Å²) in [7, 11) is 0. The van der Waals surface area contributed by atoms with Crippen molar-refractivity contribution in [2.24, 2.45) is 5.92 Å². The van der Waals surface area contributed by atoms with Crippen molar-refractivity contribution in [1.82, 2.24) is 10.3 Å². The molecule has 0 aliphatic carbocycles. The van der Waals surface area contributed by atoms with E-state index in [0.29, 0.717) is 12.3 Å². The molecule has 1 aromatic heterocycles. The van der Waals surface area contributed by atoms with Crippen molar-refractivity contribution >= 4 is 22.4 Å². The van der Waals surface area contributed by atoms with Gasteiger partial charge >= 0.3 is 0 Å². The third-order valence-corrected chi connectivity index (χ3v) is 5.59. The smallest absolute Gasteiger partial charge is 0.220 e. The molecule has 2 aromatic rings. The van der Waals surface area contributed by atoms with Crippen molar-refractivity contribution in [3.8, 4) is 0 Å². The van der Waals surface area contributed by atoms with Gasteiger partial charge in [-0.25, -0.2) is 4.98 Å². The Kier molecular flexibility index (Phi) is 6.86. The predicted octanol–water partition coefficient (Wildman–Crippen LogP) is 3.89. The Hall–Kier alpha value is -1.88. The van der Waals surface area contributed by atoms with Crippen LogP contribution in [0, 0.1) is 5.92 Å². The maximum Gasteiger partial charge on any atom is 0.220 e. The fraction of sp³-hybridized carbons (Fsp3) is 0.500. The van der Waals surface area contributed by atoms with Crippen molar-refractivity contribution in [2.75, 3.05) is 24.5 Å². The number of aromatic nitrogens is 1. The maximum absolute atomic E-state index is 12.1. The van der Waals surface area contributed by atoms with E-state index in [2.05, 4.69) is 39.5 Å². The van der Waals surface area contributed by atoms with Gasteiger partial charge in [-0.15, -0.1) is 11.3 Å². The third kappa shape index (κ3) is 5.85. The minimum Gasteiger partial charge on any atom is -0.356 e. The van der Waals surface area contributed by atoms with Gasteiger partial charge in [0, 0.05) is 37.6 Å². The first-order valence-electron chi connectivity index (χ1n) is 9.26. The number of aryl methyl sites for hydroxylation is 1. The topological polar surface area (TPSA) is 45.2 Å². The molecule has 5 heteroatoms. The van der Waals surface area contributed by atoms with Gasteiger partial charge in [-0.3, -0.25) is 4.79 Å². The van der Waals surface area contributed by atoms with Crippen LogP contribution in [0.15, 0.2) is 41.9 Å². The van der Waals surface area contributed by atoms with E-state index in [1.165, 1.54) is 18.4 Å². The molecule has 1 N–H and O–H groups in total. The minimum absolute atomic E-state index is 0.194. The van der Waals surface area contributed by atoms with Crippen LogP contribution in [-0.2, 0) is 11.2 Å². The Labute approximate surface area is 154 Å². The van der Waals surface area contributed by atoms with Crippen LogP contribution in [0.2, 0.25) is 0 Å². The fourth-order valence-corrected chi connectivity index (χ4v) is 4.06. The summed E-state index contributed by atoms with van der Waals surface area (Å²) in [5.41, 5.74) is 1.35. The summed E-state index contributed by atoms with van der Waals surface area (Å²) in [5.74, 6) is 0.727. The number of hydrogen-bond acceptors (Lipinski definition) is 4. The Morgan fingerprint density at radius 1 is 1.28 bits per heavy atom. The molecule has 1 aliphatic heterocycles. The summed E-state index contributed by atoms with van der Waals surface area (Å²) in [6, 6.07) is 10.5. The van der Waals surface area contributed by atoms with Crippen molar-refractivity contribution in [3.63, 3.8) is 0 Å². The normalized spacial score (nSPS) is 17.4. The second-order valence-corrected chi connectivity index (χ2v) is 7.64. The standard InChI is InChI=1S/C20H27N3OS/c24-19(11-5-4-9-17-7-2-1-3-8-17)22-15-18-10-6-13-23(16-18)20-21-12-14-25-20/h1-3,7-8,12,14,18H,4-6,9-11,13,15-16H2,(H,22,24). The first-order chi connectivity index (χ1) is 12.3. The number of thiazole rings is 1. The predicted molar refractivity (Wildman–Crippen MR) is 104 cm³/mol. The second-order valence-electron chi connectivity index (χ2n) is 6.77. The second kappa shape index (κ2) is 9.56. The van der Waals surface area contributed by atoms with Gasteiger partial charge in [0.05, 0.1) is 0 Å². The van der Waals surface area contributed by atoms with Crippen LogP contribution < -0.4 is 10.2 Å². The van der Waals surface area contributed by atoms with Crippen LogP contribution >= 0.6 is 11.3 Å². The molecule has 4 nitrogen and oxygen atoms in total. The van der Waals surface area contributed by atoms with E-state index in [9.17, 15) is 4.79 Å². The van der Waals surface area contributed by atoms with Gasteiger partial charge in [-0.2, -0.15) is 0 Å². The third-order valence-electron chi connectivity index (χ3n) is 4.76. The van der Waals surface area contributed by atoms with Gasteiger partial charge in [0.1, 0.15) is 0 Å². The Morgan fingerprint density at radius 3 is 2.96 bits per heavy atom. The lowest BCUT2D eigenvalue weighted by molar-refractivity contribution is -0.121. The molecular weight excluding hydrogens is 330 g/mol. The largest absolute Gasteiger partial charge is 0.356 e. The molecule has 2 heterocycles. The zero-order chi connectivity index (χ0) is 17.3. The SMILES string of the molecule is O=C(CCCCc1ccccc1)NCC1CCCN(c2nccs2)C1. The Balaban J connectivity index is 1.30. The number of carbonyl (C=O) groups is 1. The summed E-state index contributed by atoms with van der Waals surface area (Å²) in [6.45, 7) is 2.87. The number of nitrogens with zero attached hydrogens (tertiary/aromatic N) is 2. The van der Waals surface area contributed by atoms with Gasteiger partial charge in [-0.1, -0.05) is 30.3 Å². The molecule has 3 rings (SSSR count). The van der Waals surface area contributed by atoms with Crippen molar-refractivity contribution in [1.29, 1.82) is 0 Å². The van der Waals surface area contributed by atoms with Gasteiger partial charge in [0.2, 0.25) is 5.91 Å². The number of benzene rings is 1. The van der Waals surface area contributed by atoms with Crippen LogP contribution in [0.1, 0.15) is 37.7 Å². The van der Waals surface area contributed by atoms with Gasteiger partial charge in [0.25, 0.3) is 0 Å². The highest BCUT2D eigenvalue weighted by molar-refractivity contribution is 7.13. The molecule has 1 unspecified atom stereocenters. The summed E-state index contributed by atoms with van der Waals surface area (Å²) in [5, 5.41) is 6.27. The van der Waals surface area contributed by atoms with Gasteiger partial charge < -0.3 is 10.2 Å². The van der Waals surface area contributed by atoms with Crippen LogP contribution in [0.25, 0.3) is 0 Å². The number of piperidine rings is 1. The Bertz CT molecular complexity index is 630. The average molecular weight is 358 g/mol. The molecule has 0 bridgehead atoms. The highest BCUT2D eigenvalue weighted by Crippen LogP contribution is 2.24. The maximum atomic E-state index is 12.1. The number of hydrogen-bond donors (Lipinski definition) is 1. The highest BCUT2D eigenvalue weighted by Gasteiger charge is 2.21. The molecule has 1 saturated heterocycles. The fourth-order valence-electron chi connectivity index (χ4n) is 3.38. The van der Waals surface area contributed by atoms with Crippen LogP contribution in [0.3, 0.4) is 0 Å². The molecule has 1 atom stereocenters. The van der Waals surface area contributed by atoms with Crippen LogP contribution in [0.5, 0.6) is 0 Å². The van der Waals surface area contributed by atoms with E-state index in [1.54, 1.807) is 11.3 Å². The molecule has 1 aromatic carbocycles. The lowest BCUT2D eigenvalue weighted by Crippen LogP contribution is -2.40. The van der Waals surface area contributed by atoms with Crippen molar-refractivity contribution < 1.29 is 4.79 Å². The summed E-state index contributed by atoms with van der Waals surface area (Å²) < 4.78 is 0. The summed E-state index contributed by atoms with van der Waals surface area (Å²) >= 11 is 1.70. The zero-order valence-electron chi connectivity index (χ0n) is 14.7. The van der Waals surface area contributed by atoms with E-state index in [1.807, 2.05) is 17.6 Å². The summed E-state index contributed by atoms with van der Waals surface area (Å²) in [6.07, 6.45) is 7.94. The lowest BCUT2D eigenvalue weighted by atomic mass is 9.98. The molecule has 134 valence electrons.